The van der Waals surface area contributed by atoms with E-state index in [2.05, 4.69) is 18.7 Å². The topological polar surface area (TPSA) is 63.9 Å². The van der Waals surface area contributed by atoms with Crippen molar-refractivity contribution in [2.45, 2.75) is 117 Å². The molecule has 32 heavy (non-hydrogen) atoms. The molecule has 4 nitrogen and oxygen atoms in total. The SMILES string of the molecule is CCCCCCCCN(CCCCCCCC)C[C@H](O)[C@@H](C)[C@H](O)c1ccc(CO)cc1. The predicted molar refractivity (Wildman–Crippen MR) is 136 cm³/mol. The molecule has 0 aliphatic rings. The van der Waals surface area contributed by atoms with Gasteiger partial charge in [0, 0.05) is 12.5 Å². The Morgan fingerprint density at radius 1 is 0.719 bits per heavy atom. The number of hydrogen-bond donors (Lipinski definition) is 3. The van der Waals surface area contributed by atoms with Crippen LogP contribution in [-0.2, 0) is 6.61 Å². The molecule has 3 atom stereocenters. The molecule has 0 unspecified atom stereocenters. The second-order valence-corrected chi connectivity index (χ2v) is 9.61. The molecule has 0 saturated heterocycles. The highest BCUT2D eigenvalue weighted by atomic mass is 16.3. The van der Waals surface area contributed by atoms with Gasteiger partial charge in [-0.25, -0.2) is 0 Å². The molecule has 1 rings (SSSR count). The Labute approximate surface area is 198 Å². The number of unbranched alkanes of at least 4 members (excludes halogenated alkanes) is 10. The molecule has 4 heteroatoms. The molecule has 0 saturated carbocycles. The van der Waals surface area contributed by atoms with Gasteiger partial charge in [0.05, 0.1) is 18.8 Å². The van der Waals surface area contributed by atoms with Crippen molar-refractivity contribution in [3.8, 4) is 0 Å². The summed E-state index contributed by atoms with van der Waals surface area (Å²) in [4.78, 5) is 2.42. The summed E-state index contributed by atoms with van der Waals surface area (Å²) in [6.45, 7) is 9.12. The molecule has 186 valence electrons. The largest absolute Gasteiger partial charge is 0.392 e. The monoisotopic (exact) mass is 449 g/mol. The third-order valence-corrected chi connectivity index (χ3v) is 6.71. The third kappa shape index (κ3) is 12.3. The lowest BCUT2D eigenvalue weighted by Gasteiger charge is -2.30. The number of benzene rings is 1. The fourth-order valence-corrected chi connectivity index (χ4v) is 4.29. The van der Waals surface area contributed by atoms with Gasteiger partial charge in [-0.05, 0) is 37.1 Å². The van der Waals surface area contributed by atoms with Crippen LogP contribution in [0.4, 0.5) is 0 Å². The van der Waals surface area contributed by atoms with Gasteiger partial charge < -0.3 is 20.2 Å². The molecule has 3 N–H and O–H groups in total. The molecule has 1 aromatic rings. The zero-order valence-corrected chi connectivity index (χ0v) is 21.1. The second kappa shape index (κ2) is 18.5. The first kappa shape index (κ1) is 29.1. The summed E-state index contributed by atoms with van der Waals surface area (Å²) in [5.74, 6) is -0.244. The van der Waals surface area contributed by atoms with Crippen LogP contribution in [0.15, 0.2) is 24.3 Å². The zero-order chi connectivity index (χ0) is 23.6. The molecular weight excluding hydrogens is 398 g/mol. The van der Waals surface area contributed by atoms with Gasteiger partial charge in [0.15, 0.2) is 0 Å². The maximum Gasteiger partial charge on any atom is 0.0840 e. The van der Waals surface area contributed by atoms with E-state index in [1.165, 1.54) is 77.0 Å². The minimum Gasteiger partial charge on any atom is -0.392 e. The van der Waals surface area contributed by atoms with Crippen molar-refractivity contribution in [3.05, 3.63) is 35.4 Å². The molecular formula is C28H51NO3. The second-order valence-electron chi connectivity index (χ2n) is 9.61. The molecule has 1 aromatic carbocycles. The summed E-state index contributed by atoms with van der Waals surface area (Å²) < 4.78 is 0. The standard InChI is InChI=1S/C28H51NO3/c1-4-6-8-10-12-14-20-29(21-15-13-11-9-7-5-2)22-27(31)24(3)28(32)26-18-16-25(23-30)17-19-26/h16-19,24,27-28,30-32H,4-15,20-23H2,1-3H3/t24-,27+,28+/m1/s1. The Morgan fingerprint density at radius 3 is 1.66 bits per heavy atom. The number of hydrogen-bond acceptors (Lipinski definition) is 4. The van der Waals surface area contributed by atoms with Crippen molar-refractivity contribution in [3.63, 3.8) is 0 Å². The maximum absolute atomic E-state index is 10.9. The fourth-order valence-electron chi connectivity index (χ4n) is 4.29. The van der Waals surface area contributed by atoms with E-state index < -0.39 is 12.2 Å². The van der Waals surface area contributed by atoms with E-state index in [0.717, 1.165) is 24.2 Å². The first-order chi connectivity index (χ1) is 15.5. The summed E-state index contributed by atoms with van der Waals surface area (Å²) in [5, 5.41) is 30.9. The summed E-state index contributed by atoms with van der Waals surface area (Å²) >= 11 is 0. The maximum atomic E-state index is 10.9. The fraction of sp³-hybridized carbons (Fsp3) is 0.786. The van der Waals surface area contributed by atoms with Crippen LogP contribution in [0, 0.1) is 5.92 Å². The van der Waals surface area contributed by atoms with Gasteiger partial charge in [0.25, 0.3) is 0 Å². The molecule has 0 amide bonds. The van der Waals surface area contributed by atoms with Crippen molar-refractivity contribution < 1.29 is 15.3 Å². The summed E-state index contributed by atoms with van der Waals surface area (Å²) in [6, 6.07) is 7.37. The van der Waals surface area contributed by atoms with Gasteiger partial charge in [-0.15, -0.1) is 0 Å². The first-order valence-electron chi connectivity index (χ1n) is 13.3. The van der Waals surface area contributed by atoms with E-state index in [9.17, 15) is 15.3 Å². The Bertz CT molecular complexity index is 532. The van der Waals surface area contributed by atoms with E-state index >= 15 is 0 Å². The van der Waals surface area contributed by atoms with Crippen LogP contribution in [0.5, 0.6) is 0 Å². The minimum absolute atomic E-state index is 0.000400. The van der Waals surface area contributed by atoms with Crippen LogP contribution in [0.2, 0.25) is 0 Å². The van der Waals surface area contributed by atoms with Gasteiger partial charge >= 0.3 is 0 Å². The molecule has 0 heterocycles. The van der Waals surface area contributed by atoms with Gasteiger partial charge in [0.2, 0.25) is 0 Å². The Morgan fingerprint density at radius 2 is 1.19 bits per heavy atom. The van der Waals surface area contributed by atoms with E-state index in [4.69, 9.17) is 0 Å². The van der Waals surface area contributed by atoms with Crippen LogP contribution in [0.1, 0.15) is 115 Å². The van der Waals surface area contributed by atoms with Crippen LogP contribution in [0.3, 0.4) is 0 Å². The third-order valence-electron chi connectivity index (χ3n) is 6.71. The first-order valence-corrected chi connectivity index (χ1v) is 13.3. The smallest absolute Gasteiger partial charge is 0.0840 e. The molecule has 0 bridgehead atoms. The summed E-state index contributed by atoms with van der Waals surface area (Å²) in [7, 11) is 0. The molecule has 0 aliphatic heterocycles. The Balaban J connectivity index is 2.54. The molecule has 0 aromatic heterocycles. The van der Waals surface area contributed by atoms with Crippen molar-refractivity contribution in [2.75, 3.05) is 19.6 Å². The lowest BCUT2D eigenvalue weighted by molar-refractivity contribution is 0.00112. The van der Waals surface area contributed by atoms with Crippen molar-refractivity contribution in [1.29, 1.82) is 0 Å². The zero-order valence-electron chi connectivity index (χ0n) is 21.1. The number of aliphatic hydroxyl groups is 3. The Kier molecular flexibility index (Phi) is 16.8. The summed E-state index contributed by atoms with van der Waals surface area (Å²) in [5.41, 5.74) is 1.63. The molecule has 0 aliphatic carbocycles. The lowest BCUT2D eigenvalue weighted by Crippen LogP contribution is -2.38. The minimum atomic E-state index is -0.706. The van der Waals surface area contributed by atoms with Crippen LogP contribution in [-0.4, -0.2) is 46.0 Å². The highest BCUT2D eigenvalue weighted by Gasteiger charge is 2.25. The molecule has 0 spiro atoms. The van der Waals surface area contributed by atoms with Gasteiger partial charge in [-0.2, -0.15) is 0 Å². The van der Waals surface area contributed by atoms with E-state index in [0.29, 0.717) is 6.54 Å². The normalized spacial score (nSPS) is 14.6. The molecule has 0 fully saturated rings. The van der Waals surface area contributed by atoms with Crippen LogP contribution in [0.25, 0.3) is 0 Å². The van der Waals surface area contributed by atoms with E-state index in [1.54, 1.807) is 0 Å². The van der Waals surface area contributed by atoms with Gasteiger partial charge in [0.1, 0.15) is 0 Å². The summed E-state index contributed by atoms with van der Waals surface area (Å²) in [6.07, 6.45) is 14.1. The number of rotatable bonds is 20. The quantitative estimate of drug-likeness (QED) is 0.206. The Hall–Kier alpha value is -0.940. The van der Waals surface area contributed by atoms with E-state index in [1.807, 2.05) is 31.2 Å². The number of nitrogens with zero attached hydrogens (tertiary/aromatic N) is 1. The van der Waals surface area contributed by atoms with Crippen molar-refractivity contribution in [1.82, 2.24) is 4.90 Å². The van der Waals surface area contributed by atoms with Crippen LogP contribution >= 0.6 is 0 Å². The van der Waals surface area contributed by atoms with E-state index in [-0.39, 0.29) is 12.5 Å². The van der Waals surface area contributed by atoms with Crippen molar-refractivity contribution in [2.24, 2.45) is 5.92 Å². The average molecular weight is 450 g/mol. The van der Waals surface area contributed by atoms with Crippen molar-refractivity contribution >= 4 is 0 Å². The lowest BCUT2D eigenvalue weighted by atomic mass is 9.91. The predicted octanol–water partition coefficient (Wildman–Crippen LogP) is 6.23. The molecule has 0 radical (unpaired) electrons. The van der Waals surface area contributed by atoms with Crippen LogP contribution < -0.4 is 0 Å². The number of aliphatic hydroxyl groups excluding tert-OH is 3. The van der Waals surface area contributed by atoms with Gasteiger partial charge in [-0.3, -0.25) is 0 Å². The highest BCUT2D eigenvalue weighted by Crippen LogP contribution is 2.25. The average Bonchev–Trinajstić information content (AvgIpc) is 2.82. The highest BCUT2D eigenvalue weighted by molar-refractivity contribution is 5.24. The van der Waals surface area contributed by atoms with Gasteiger partial charge in [-0.1, -0.05) is 109 Å².